The van der Waals surface area contributed by atoms with Crippen LogP contribution in [0.5, 0.6) is 5.75 Å². The standard InChI is InChI=1S/C23H31ClN4O2Si/c1-29-18-9-7-17(8-10-18)14-27-11-5-6-19-21(27)20-23(26-22(19)24)28(15-25-20)16-30-12-13-31(2,3)4/h7-10,15H,5-6,11-14,16H2,1-4H3. The van der Waals surface area contributed by atoms with Gasteiger partial charge in [-0.2, -0.15) is 0 Å². The highest BCUT2D eigenvalue weighted by Gasteiger charge is 2.26. The Labute approximate surface area is 190 Å². The number of aromatic nitrogens is 3. The maximum Gasteiger partial charge on any atom is 0.165 e. The summed E-state index contributed by atoms with van der Waals surface area (Å²) >= 11 is 6.65. The zero-order valence-electron chi connectivity index (χ0n) is 18.8. The van der Waals surface area contributed by atoms with Gasteiger partial charge in [0, 0.05) is 33.3 Å². The maximum absolute atomic E-state index is 6.65. The van der Waals surface area contributed by atoms with Gasteiger partial charge < -0.3 is 14.4 Å². The van der Waals surface area contributed by atoms with Crippen LogP contribution in [0, 0.1) is 0 Å². The second-order valence-corrected chi connectivity index (χ2v) is 15.3. The molecule has 0 aliphatic carbocycles. The van der Waals surface area contributed by atoms with E-state index in [1.54, 1.807) is 7.11 Å². The molecular weight excluding hydrogens is 428 g/mol. The predicted molar refractivity (Wildman–Crippen MR) is 129 cm³/mol. The minimum Gasteiger partial charge on any atom is -0.497 e. The van der Waals surface area contributed by atoms with Gasteiger partial charge in [-0.3, -0.25) is 4.57 Å². The molecule has 0 unspecified atom stereocenters. The number of hydrogen-bond donors (Lipinski definition) is 0. The van der Waals surface area contributed by atoms with Crippen molar-refractivity contribution in [3.8, 4) is 5.75 Å². The normalized spacial score (nSPS) is 14.2. The fraction of sp³-hybridized carbons (Fsp3) is 0.478. The summed E-state index contributed by atoms with van der Waals surface area (Å²) in [6, 6.07) is 9.36. The third-order valence-corrected chi connectivity index (χ3v) is 7.72. The zero-order chi connectivity index (χ0) is 22.0. The number of ether oxygens (including phenoxy) is 2. The van der Waals surface area contributed by atoms with Gasteiger partial charge in [0.15, 0.2) is 5.65 Å². The molecule has 0 radical (unpaired) electrons. The van der Waals surface area contributed by atoms with Gasteiger partial charge in [-0.15, -0.1) is 0 Å². The van der Waals surface area contributed by atoms with Crippen LogP contribution in [0.1, 0.15) is 17.5 Å². The molecule has 0 amide bonds. The molecule has 3 aromatic rings. The van der Waals surface area contributed by atoms with Crippen molar-refractivity contribution >= 4 is 36.5 Å². The Kier molecular flexibility index (Phi) is 6.55. The zero-order valence-corrected chi connectivity index (χ0v) is 20.6. The molecule has 1 aromatic carbocycles. The fourth-order valence-corrected chi connectivity index (χ4v) is 4.95. The Morgan fingerprint density at radius 2 is 1.94 bits per heavy atom. The highest BCUT2D eigenvalue weighted by Crippen LogP contribution is 2.38. The van der Waals surface area contributed by atoms with Crippen molar-refractivity contribution in [1.29, 1.82) is 0 Å². The lowest BCUT2D eigenvalue weighted by molar-refractivity contribution is 0.0895. The summed E-state index contributed by atoms with van der Waals surface area (Å²) < 4.78 is 13.2. The highest BCUT2D eigenvalue weighted by atomic mass is 35.5. The van der Waals surface area contributed by atoms with Crippen LogP contribution in [-0.4, -0.2) is 42.9 Å². The summed E-state index contributed by atoms with van der Waals surface area (Å²) in [5, 5.41) is 0.575. The molecule has 0 saturated heterocycles. The van der Waals surface area contributed by atoms with E-state index in [0.717, 1.165) is 66.7 Å². The van der Waals surface area contributed by atoms with Crippen molar-refractivity contribution in [2.45, 2.75) is 51.8 Å². The molecule has 166 valence electrons. The first-order chi connectivity index (χ1) is 14.9. The number of hydrogen-bond acceptors (Lipinski definition) is 5. The Morgan fingerprint density at radius 3 is 2.65 bits per heavy atom. The van der Waals surface area contributed by atoms with Crippen LogP contribution in [0.25, 0.3) is 11.2 Å². The van der Waals surface area contributed by atoms with Gasteiger partial charge in [-0.25, -0.2) is 9.97 Å². The van der Waals surface area contributed by atoms with E-state index in [1.807, 2.05) is 23.0 Å². The average molecular weight is 459 g/mol. The van der Waals surface area contributed by atoms with Gasteiger partial charge >= 0.3 is 0 Å². The number of anilines is 1. The third-order valence-electron chi connectivity index (χ3n) is 5.70. The van der Waals surface area contributed by atoms with Crippen LogP contribution < -0.4 is 9.64 Å². The Morgan fingerprint density at radius 1 is 1.16 bits per heavy atom. The van der Waals surface area contributed by atoms with E-state index in [0.29, 0.717) is 11.9 Å². The SMILES string of the molecule is COc1ccc(CN2CCCc3c(Cl)nc4c(ncn4COCC[Si](C)(C)C)c32)cc1. The van der Waals surface area contributed by atoms with E-state index in [4.69, 9.17) is 31.0 Å². The van der Waals surface area contributed by atoms with E-state index in [9.17, 15) is 0 Å². The predicted octanol–water partition coefficient (Wildman–Crippen LogP) is 5.36. The molecule has 0 fully saturated rings. The van der Waals surface area contributed by atoms with Gasteiger partial charge in [0.05, 0.1) is 19.1 Å². The lowest BCUT2D eigenvalue weighted by Crippen LogP contribution is -2.29. The summed E-state index contributed by atoms with van der Waals surface area (Å²) in [6.45, 7) is 10.0. The molecule has 2 aromatic heterocycles. The number of fused-ring (bicyclic) bond motifs is 3. The lowest BCUT2D eigenvalue weighted by Gasteiger charge is -2.32. The Hall–Kier alpha value is -2.09. The van der Waals surface area contributed by atoms with Gasteiger partial charge in [-0.05, 0) is 36.6 Å². The van der Waals surface area contributed by atoms with Crippen molar-refractivity contribution in [3.63, 3.8) is 0 Å². The number of pyridine rings is 1. The van der Waals surface area contributed by atoms with E-state index in [-0.39, 0.29) is 0 Å². The molecule has 1 aliphatic rings. The molecule has 4 rings (SSSR count). The first-order valence-electron chi connectivity index (χ1n) is 10.8. The van der Waals surface area contributed by atoms with Crippen LogP contribution in [0.4, 0.5) is 5.69 Å². The highest BCUT2D eigenvalue weighted by molar-refractivity contribution is 6.76. The molecule has 0 N–H and O–H groups in total. The summed E-state index contributed by atoms with van der Waals surface area (Å²) in [4.78, 5) is 11.8. The van der Waals surface area contributed by atoms with E-state index < -0.39 is 8.07 Å². The molecular formula is C23H31ClN4O2Si. The van der Waals surface area contributed by atoms with Gasteiger partial charge in [-0.1, -0.05) is 43.4 Å². The third kappa shape index (κ3) is 5.05. The van der Waals surface area contributed by atoms with E-state index in [2.05, 4.69) is 36.7 Å². The quantitative estimate of drug-likeness (QED) is 0.258. The topological polar surface area (TPSA) is 52.4 Å². The molecule has 0 atom stereocenters. The molecule has 1 aliphatic heterocycles. The van der Waals surface area contributed by atoms with Crippen LogP contribution in [0.3, 0.4) is 0 Å². The fourth-order valence-electron chi connectivity index (χ4n) is 3.93. The van der Waals surface area contributed by atoms with Crippen molar-refractivity contribution in [1.82, 2.24) is 14.5 Å². The largest absolute Gasteiger partial charge is 0.497 e. The lowest BCUT2D eigenvalue weighted by atomic mass is 10.0. The second kappa shape index (κ2) is 9.18. The van der Waals surface area contributed by atoms with Crippen LogP contribution in [-0.2, 0) is 24.4 Å². The van der Waals surface area contributed by atoms with Crippen LogP contribution >= 0.6 is 11.6 Å². The molecule has 0 bridgehead atoms. The summed E-state index contributed by atoms with van der Waals surface area (Å²) in [6.07, 6.45) is 3.80. The molecule has 6 nitrogen and oxygen atoms in total. The van der Waals surface area contributed by atoms with Crippen molar-refractivity contribution < 1.29 is 9.47 Å². The van der Waals surface area contributed by atoms with Crippen LogP contribution in [0.15, 0.2) is 30.6 Å². The summed E-state index contributed by atoms with van der Waals surface area (Å²) in [5.74, 6) is 0.866. The number of imidazole rings is 1. The molecule has 0 spiro atoms. The van der Waals surface area contributed by atoms with E-state index >= 15 is 0 Å². The van der Waals surface area contributed by atoms with Crippen molar-refractivity contribution in [2.24, 2.45) is 0 Å². The molecule has 8 heteroatoms. The average Bonchev–Trinajstić information content (AvgIpc) is 3.14. The number of methoxy groups -OCH3 is 1. The first kappa shape index (κ1) is 22.1. The minimum absolute atomic E-state index is 0.446. The number of benzene rings is 1. The van der Waals surface area contributed by atoms with Crippen molar-refractivity contribution in [2.75, 3.05) is 25.2 Å². The van der Waals surface area contributed by atoms with Gasteiger partial charge in [0.1, 0.15) is 23.2 Å². The minimum atomic E-state index is -1.12. The van der Waals surface area contributed by atoms with Crippen LogP contribution in [0.2, 0.25) is 30.8 Å². The number of rotatable bonds is 8. The van der Waals surface area contributed by atoms with E-state index in [1.165, 1.54) is 5.56 Å². The Bertz CT molecular complexity index is 1050. The summed E-state index contributed by atoms with van der Waals surface area (Å²) in [5.41, 5.74) is 5.13. The second-order valence-electron chi connectivity index (χ2n) is 9.34. The molecule has 3 heterocycles. The maximum atomic E-state index is 6.65. The smallest absolute Gasteiger partial charge is 0.165 e. The molecule has 0 saturated carbocycles. The van der Waals surface area contributed by atoms with Gasteiger partial charge in [0.25, 0.3) is 0 Å². The Balaban J connectivity index is 1.60. The van der Waals surface area contributed by atoms with Crippen molar-refractivity contribution in [3.05, 3.63) is 46.9 Å². The van der Waals surface area contributed by atoms with Gasteiger partial charge in [0.2, 0.25) is 0 Å². The monoisotopic (exact) mass is 458 g/mol. The molecule has 31 heavy (non-hydrogen) atoms. The summed E-state index contributed by atoms with van der Waals surface area (Å²) in [7, 11) is 0.572. The number of nitrogens with zero attached hydrogens (tertiary/aromatic N) is 4. The number of halogens is 1. The first-order valence-corrected chi connectivity index (χ1v) is 14.9.